The van der Waals surface area contributed by atoms with Gasteiger partial charge in [-0.1, -0.05) is 17.7 Å². The minimum Gasteiger partial charge on any atom is -0.490 e. The number of halogens is 3. The SMILES string of the molecule is CC(=C1SC(=O)NC1=O)c1ccc(OCCn2c(-c3ccc(F)c(F)c3)nc3c(C)nn(C)c3c2=O)c(Cl)c1. The normalized spacial score (nSPS) is 14.7. The Morgan fingerprint density at radius 1 is 1.13 bits per heavy atom. The van der Waals surface area contributed by atoms with E-state index in [-0.39, 0.29) is 35.1 Å². The van der Waals surface area contributed by atoms with Crippen LogP contribution in [0.5, 0.6) is 5.75 Å². The molecule has 2 amide bonds. The van der Waals surface area contributed by atoms with Crippen LogP contribution in [0, 0.1) is 18.6 Å². The topological polar surface area (TPSA) is 108 Å². The lowest BCUT2D eigenvalue weighted by Crippen LogP contribution is -2.27. The number of carbonyl (C=O) groups excluding carboxylic acids is 2. The lowest BCUT2D eigenvalue weighted by Gasteiger charge is -2.15. The zero-order valence-electron chi connectivity index (χ0n) is 20.8. The number of ether oxygens (including phenoxy) is 1. The quantitative estimate of drug-likeness (QED) is 0.330. The first-order valence-electron chi connectivity index (χ1n) is 11.6. The number of benzene rings is 2. The van der Waals surface area contributed by atoms with Crippen molar-refractivity contribution in [1.29, 1.82) is 0 Å². The first-order chi connectivity index (χ1) is 18.5. The molecule has 1 fully saturated rings. The number of carbonyl (C=O) groups is 2. The molecule has 0 aliphatic carbocycles. The highest BCUT2D eigenvalue weighted by molar-refractivity contribution is 8.18. The molecule has 39 heavy (non-hydrogen) atoms. The van der Waals surface area contributed by atoms with E-state index in [4.69, 9.17) is 16.3 Å². The van der Waals surface area contributed by atoms with Crippen molar-refractivity contribution in [2.75, 3.05) is 6.61 Å². The number of thioether (sulfide) groups is 1. The minimum absolute atomic E-state index is 0.00744. The van der Waals surface area contributed by atoms with Gasteiger partial charge < -0.3 is 4.74 Å². The third kappa shape index (κ3) is 4.92. The predicted octanol–water partition coefficient (Wildman–Crippen LogP) is 4.83. The Morgan fingerprint density at radius 2 is 1.90 bits per heavy atom. The van der Waals surface area contributed by atoms with E-state index in [1.54, 1.807) is 39.1 Å². The highest BCUT2D eigenvalue weighted by Crippen LogP contribution is 2.34. The van der Waals surface area contributed by atoms with Crippen LogP contribution in [0.1, 0.15) is 18.2 Å². The zero-order valence-corrected chi connectivity index (χ0v) is 22.4. The highest BCUT2D eigenvalue weighted by Gasteiger charge is 2.27. The Bertz CT molecular complexity index is 1780. The van der Waals surface area contributed by atoms with Crippen LogP contribution < -0.4 is 15.6 Å². The average Bonchev–Trinajstić information content (AvgIpc) is 3.38. The van der Waals surface area contributed by atoms with Gasteiger partial charge in [-0.15, -0.1) is 0 Å². The molecule has 9 nitrogen and oxygen atoms in total. The summed E-state index contributed by atoms with van der Waals surface area (Å²) in [5.41, 5.74) is 2.16. The van der Waals surface area contributed by atoms with E-state index in [9.17, 15) is 23.2 Å². The summed E-state index contributed by atoms with van der Waals surface area (Å²) in [4.78, 5) is 41.8. The van der Waals surface area contributed by atoms with E-state index in [1.165, 1.54) is 15.3 Å². The van der Waals surface area contributed by atoms with E-state index < -0.39 is 28.3 Å². The molecule has 200 valence electrons. The van der Waals surface area contributed by atoms with Crippen LogP contribution in [0.4, 0.5) is 13.6 Å². The maximum atomic E-state index is 14.1. The van der Waals surface area contributed by atoms with Gasteiger partial charge in [-0.25, -0.2) is 13.8 Å². The maximum Gasteiger partial charge on any atom is 0.290 e. The van der Waals surface area contributed by atoms with Gasteiger partial charge in [0.15, 0.2) is 17.2 Å². The number of nitrogens with zero attached hydrogens (tertiary/aromatic N) is 4. The average molecular weight is 572 g/mol. The van der Waals surface area contributed by atoms with Gasteiger partial charge in [-0.3, -0.25) is 28.9 Å². The van der Waals surface area contributed by atoms with Crippen LogP contribution in [0.3, 0.4) is 0 Å². The molecule has 1 N–H and O–H groups in total. The van der Waals surface area contributed by atoms with Crippen LogP contribution >= 0.6 is 23.4 Å². The number of amides is 2. The van der Waals surface area contributed by atoms with Crippen LogP contribution in [0.2, 0.25) is 5.02 Å². The molecule has 4 aromatic rings. The molecule has 2 aromatic heterocycles. The van der Waals surface area contributed by atoms with Gasteiger partial charge in [0.1, 0.15) is 23.7 Å². The predicted molar refractivity (Wildman–Crippen MR) is 144 cm³/mol. The zero-order chi connectivity index (χ0) is 28.0. The molecule has 1 aliphatic heterocycles. The number of fused-ring (bicyclic) bond motifs is 1. The van der Waals surface area contributed by atoms with E-state index in [0.717, 1.165) is 23.9 Å². The third-order valence-electron chi connectivity index (χ3n) is 6.18. The number of aromatic nitrogens is 4. The number of nitrogens with one attached hydrogen (secondary N) is 1. The number of allylic oxidation sites excluding steroid dienone is 1. The van der Waals surface area contributed by atoms with Crippen molar-refractivity contribution in [3.8, 4) is 17.1 Å². The monoisotopic (exact) mass is 571 g/mol. The molecule has 0 spiro atoms. The second kappa shape index (κ2) is 10.3. The Balaban J connectivity index is 1.44. The summed E-state index contributed by atoms with van der Waals surface area (Å²) in [6.45, 7) is 3.42. The van der Waals surface area contributed by atoms with Gasteiger partial charge in [0, 0.05) is 12.6 Å². The van der Waals surface area contributed by atoms with Crippen molar-refractivity contribution < 1.29 is 23.1 Å². The summed E-state index contributed by atoms with van der Waals surface area (Å²) < 4.78 is 36.2. The minimum atomic E-state index is -1.07. The number of imide groups is 1. The van der Waals surface area contributed by atoms with E-state index in [0.29, 0.717) is 33.0 Å². The Morgan fingerprint density at radius 3 is 2.56 bits per heavy atom. The van der Waals surface area contributed by atoms with Crippen molar-refractivity contribution >= 4 is 51.1 Å². The molecule has 1 aliphatic rings. The van der Waals surface area contributed by atoms with Crippen LogP contribution in [0.25, 0.3) is 28.0 Å². The molecule has 0 radical (unpaired) electrons. The Labute approximate surface area is 229 Å². The van der Waals surface area contributed by atoms with Crippen molar-refractivity contribution in [2.24, 2.45) is 7.05 Å². The van der Waals surface area contributed by atoms with E-state index in [1.807, 2.05) is 0 Å². The van der Waals surface area contributed by atoms with Crippen LogP contribution in [0.15, 0.2) is 46.1 Å². The number of hydrogen-bond acceptors (Lipinski definition) is 7. The first-order valence-corrected chi connectivity index (χ1v) is 12.8. The fourth-order valence-electron chi connectivity index (χ4n) is 4.26. The fourth-order valence-corrected chi connectivity index (χ4v) is 5.24. The van der Waals surface area contributed by atoms with E-state index in [2.05, 4.69) is 15.4 Å². The molecule has 0 atom stereocenters. The molecule has 5 rings (SSSR count). The highest BCUT2D eigenvalue weighted by atomic mass is 35.5. The summed E-state index contributed by atoms with van der Waals surface area (Å²) in [6.07, 6.45) is 0. The van der Waals surface area contributed by atoms with Gasteiger partial charge in [-0.05, 0) is 67.1 Å². The molecular formula is C26H20ClF2N5O4S. The van der Waals surface area contributed by atoms with Gasteiger partial charge in [-0.2, -0.15) is 5.10 Å². The largest absolute Gasteiger partial charge is 0.490 e. The van der Waals surface area contributed by atoms with Gasteiger partial charge in [0.05, 0.1) is 22.2 Å². The summed E-state index contributed by atoms with van der Waals surface area (Å²) in [5.74, 6) is -2.09. The molecule has 0 bridgehead atoms. The Hall–Kier alpha value is -4.03. The van der Waals surface area contributed by atoms with Crippen molar-refractivity contribution in [2.45, 2.75) is 20.4 Å². The first kappa shape index (κ1) is 26.6. The van der Waals surface area contributed by atoms with E-state index >= 15 is 0 Å². The maximum absolute atomic E-state index is 14.1. The van der Waals surface area contributed by atoms with Gasteiger partial charge in [0.2, 0.25) is 0 Å². The fraction of sp³-hybridized carbons (Fsp3) is 0.192. The smallest absolute Gasteiger partial charge is 0.290 e. The molecule has 13 heteroatoms. The van der Waals surface area contributed by atoms with Crippen molar-refractivity contribution in [3.63, 3.8) is 0 Å². The van der Waals surface area contributed by atoms with Crippen LogP contribution in [-0.2, 0) is 18.4 Å². The third-order valence-corrected chi connectivity index (χ3v) is 7.46. The molecular weight excluding hydrogens is 552 g/mol. The number of aryl methyl sites for hydroxylation is 2. The second-order valence-corrected chi connectivity index (χ2v) is 10.1. The number of rotatable bonds is 6. The number of hydrogen-bond donors (Lipinski definition) is 1. The molecule has 0 unspecified atom stereocenters. The van der Waals surface area contributed by atoms with Crippen molar-refractivity contribution in [3.05, 3.63) is 79.6 Å². The van der Waals surface area contributed by atoms with Crippen LogP contribution in [-0.4, -0.2) is 37.1 Å². The summed E-state index contributed by atoms with van der Waals surface area (Å²) >= 11 is 7.25. The Kier molecular flexibility index (Phi) is 7.00. The lowest BCUT2D eigenvalue weighted by atomic mass is 10.1. The molecule has 0 saturated carbocycles. The van der Waals surface area contributed by atoms with Gasteiger partial charge >= 0.3 is 0 Å². The summed E-state index contributed by atoms with van der Waals surface area (Å²) in [5, 5.41) is 6.31. The van der Waals surface area contributed by atoms with Gasteiger partial charge in [0.25, 0.3) is 16.7 Å². The van der Waals surface area contributed by atoms with Crippen molar-refractivity contribution in [1.82, 2.24) is 24.6 Å². The summed E-state index contributed by atoms with van der Waals surface area (Å²) in [6, 6.07) is 8.23. The summed E-state index contributed by atoms with van der Waals surface area (Å²) in [7, 11) is 1.62. The molecule has 1 saturated heterocycles. The molecule has 3 heterocycles. The lowest BCUT2D eigenvalue weighted by molar-refractivity contribution is -0.115. The second-order valence-electron chi connectivity index (χ2n) is 8.72. The standard InChI is InChI=1S/C26H20ClF2N5O4S/c1-12(22-24(35)31-26(37)39-22)14-5-7-19(16(27)10-14)38-9-8-34-23(15-4-6-17(28)18(29)11-15)30-20-13(2)32-33(3)21(20)25(34)36/h4-7,10-11H,8-9H2,1-3H3,(H,31,35,37). The molecule has 2 aromatic carbocycles.